The third-order valence-corrected chi connectivity index (χ3v) is 4.32. The van der Waals surface area contributed by atoms with Gasteiger partial charge in [-0.2, -0.15) is 0 Å². The van der Waals surface area contributed by atoms with E-state index in [1.165, 1.54) is 32.1 Å². The molecule has 0 unspecified atom stereocenters. The molecular formula is C15H20ClN3. The lowest BCUT2D eigenvalue weighted by atomic mass is 9.89. The summed E-state index contributed by atoms with van der Waals surface area (Å²) >= 11 is 6.05. The van der Waals surface area contributed by atoms with Crippen molar-refractivity contribution in [3.8, 4) is 0 Å². The van der Waals surface area contributed by atoms with E-state index in [-0.39, 0.29) is 0 Å². The van der Waals surface area contributed by atoms with Crippen LogP contribution in [0.15, 0.2) is 12.3 Å². The normalized spacial score (nSPS) is 17.2. The highest BCUT2D eigenvalue weighted by molar-refractivity contribution is 6.16. The zero-order valence-corrected chi connectivity index (χ0v) is 12.2. The number of rotatable bonds is 3. The molecule has 3 rings (SSSR count). The summed E-state index contributed by atoms with van der Waals surface area (Å²) in [4.78, 5) is 9.18. The monoisotopic (exact) mass is 277 g/mol. The number of hydrogen-bond acceptors (Lipinski definition) is 2. The highest BCUT2D eigenvalue weighted by atomic mass is 35.5. The van der Waals surface area contributed by atoms with Gasteiger partial charge in [-0.15, -0.1) is 11.6 Å². The van der Waals surface area contributed by atoms with E-state index in [4.69, 9.17) is 11.6 Å². The van der Waals surface area contributed by atoms with Crippen molar-refractivity contribution in [1.82, 2.24) is 14.5 Å². The quantitative estimate of drug-likeness (QED) is 0.792. The topological polar surface area (TPSA) is 30.7 Å². The van der Waals surface area contributed by atoms with Crippen molar-refractivity contribution in [3.63, 3.8) is 0 Å². The van der Waals surface area contributed by atoms with E-state index in [1.807, 2.05) is 13.1 Å². The first-order valence-corrected chi connectivity index (χ1v) is 7.69. The average molecular weight is 278 g/mol. The van der Waals surface area contributed by atoms with Crippen LogP contribution in [-0.2, 0) is 12.4 Å². The number of imidazole rings is 1. The number of hydrogen-bond donors (Lipinski definition) is 0. The Labute approximate surface area is 119 Å². The van der Waals surface area contributed by atoms with Gasteiger partial charge in [-0.3, -0.25) is 0 Å². The van der Waals surface area contributed by atoms with E-state index >= 15 is 0 Å². The van der Waals surface area contributed by atoms with E-state index in [2.05, 4.69) is 20.6 Å². The van der Waals surface area contributed by atoms with E-state index in [0.29, 0.717) is 5.88 Å². The molecule has 2 aromatic heterocycles. The summed E-state index contributed by atoms with van der Waals surface area (Å²) in [6.45, 7) is 3.07. The van der Waals surface area contributed by atoms with Crippen molar-refractivity contribution in [2.75, 3.05) is 0 Å². The maximum absolute atomic E-state index is 6.05. The van der Waals surface area contributed by atoms with Gasteiger partial charge in [0.05, 0.1) is 5.88 Å². The Kier molecular flexibility index (Phi) is 3.74. The summed E-state index contributed by atoms with van der Waals surface area (Å²) in [5.41, 5.74) is 3.12. The molecule has 2 aromatic rings. The summed E-state index contributed by atoms with van der Waals surface area (Å²) in [5, 5.41) is 0. The molecule has 102 valence electrons. The summed E-state index contributed by atoms with van der Waals surface area (Å²) < 4.78 is 2.23. The van der Waals surface area contributed by atoms with Gasteiger partial charge in [0.15, 0.2) is 5.65 Å². The molecule has 19 heavy (non-hydrogen) atoms. The first-order chi connectivity index (χ1) is 9.28. The van der Waals surface area contributed by atoms with Crippen LogP contribution >= 0.6 is 11.6 Å². The molecule has 0 aliphatic heterocycles. The van der Waals surface area contributed by atoms with Crippen molar-refractivity contribution in [3.05, 3.63) is 23.7 Å². The van der Waals surface area contributed by atoms with E-state index < -0.39 is 0 Å². The maximum Gasteiger partial charge on any atom is 0.160 e. The molecule has 1 aliphatic carbocycles. The van der Waals surface area contributed by atoms with E-state index in [1.54, 1.807) is 0 Å². The van der Waals surface area contributed by atoms with Gasteiger partial charge < -0.3 is 4.57 Å². The fourth-order valence-corrected chi connectivity index (χ4v) is 3.28. The molecule has 0 spiro atoms. The van der Waals surface area contributed by atoms with Crippen LogP contribution < -0.4 is 0 Å². The minimum Gasteiger partial charge on any atom is -0.311 e. The van der Waals surface area contributed by atoms with Crippen molar-refractivity contribution < 1.29 is 0 Å². The molecule has 0 bridgehead atoms. The Morgan fingerprint density at radius 2 is 2.11 bits per heavy atom. The van der Waals surface area contributed by atoms with Crippen LogP contribution in [-0.4, -0.2) is 14.5 Å². The van der Waals surface area contributed by atoms with Gasteiger partial charge in [-0.05, 0) is 37.3 Å². The first kappa shape index (κ1) is 12.9. The van der Waals surface area contributed by atoms with Crippen molar-refractivity contribution in [2.45, 2.75) is 51.5 Å². The van der Waals surface area contributed by atoms with Crippen molar-refractivity contribution in [1.29, 1.82) is 0 Å². The van der Waals surface area contributed by atoms with Crippen LogP contribution in [0.1, 0.15) is 43.5 Å². The first-order valence-electron chi connectivity index (χ1n) is 7.15. The fourth-order valence-electron chi connectivity index (χ4n) is 3.08. The molecule has 0 N–H and O–H groups in total. The average Bonchev–Trinajstić information content (AvgIpc) is 2.77. The zero-order valence-electron chi connectivity index (χ0n) is 11.4. The largest absolute Gasteiger partial charge is 0.311 e. The van der Waals surface area contributed by atoms with Gasteiger partial charge in [0, 0.05) is 12.7 Å². The molecule has 1 saturated carbocycles. The number of nitrogens with zero attached hydrogens (tertiary/aromatic N) is 3. The SMILES string of the molecule is Cc1cnc2c(c1)nc(CCl)n2CC1CCCCC1. The fraction of sp³-hybridized carbons (Fsp3) is 0.600. The van der Waals surface area contributed by atoms with Crippen LogP contribution in [0.2, 0.25) is 0 Å². The predicted molar refractivity (Wildman–Crippen MR) is 78.4 cm³/mol. The second kappa shape index (κ2) is 5.49. The number of fused-ring (bicyclic) bond motifs is 1. The number of aromatic nitrogens is 3. The lowest BCUT2D eigenvalue weighted by molar-refractivity contribution is 0.319. The Hall–Kier alpha value is -1.09. The predicted octanol–water partition coefficient (Wildman–Crippen LogP) is 4.06. The zero-order chi connectivity index (χ0) is 13.2. The van der Waals surface area contributed by atoms with Crippen LogP contribution in [0, 0.1) is 12.8 Å². The molecule has 3 nitrogen and oxygen atoms in total. The maximum atomic E-state index is 6.05. The molecule has 4 heteroatoms. The second-order valence-corrected chi connectivity index (χ2v) is 5.90. The highest BCUT2D eigenvalue weighted by Crippen LogP contribution is 2.27. The van der Waals surface area contributed by atoms with E-state index in [9.17, 15) is 0 Å². The lowest BCUT2D eigenvalue weighted by Crippen LogP contribution is -2.16. The van der Waals surface area contributed by atoms with Crippen LogP contribution in [0.5, 0.6) is 0 Å². The number of halogens is 1. The molecule has 0 saturated heterocycles. The molecule has 0 radical (unpaired) electrons. The van der Waals surface area contributed by atoms with Gasteiger partial charge in [-0.1, -0.05) is 19.3 Å². The summed E-state index contributed by atoms with van der Waals surface area (Å²) in [6.07, 6.45) is 8.68. The second-order valence-electron chi connectivity index (χ2n) is 5.63. The third kappa shape index (κ3) is 2.62. The summed E-state index contributed by atoms with van der Waals surface area (Å²) in [6, 6.07) is 2.09. The minimum atomic E-state index is 0.460. The molecule has 0 amide bonds. The third-order valence-electron chi connectivity index (χ3n) is 4.09. The number of aryl methyl sites for hydroxylation is 1. The molecule has 1 aliphatic rings. The number of alkyl halides is 1. The standard InChI is InChI=1S/C15H20ClN3/c1-11-7-13-15(17-9-11)19(14(8-16)18-13)10-12-5-3-2-4-6-12/h7,9,12H,2-6,8,10H2,1H3. The Morgan fingerprint density at radius 1 is 1.32 bits per heavy atom. The molecule has 2 heterocycles. The van der Waals surface area contributed by atoms with Crippen LogP contribution in [0.25, 0.3) is 11.2 Å². The Balaban J connectivity index is 1.95. The van der Waals surface area contributed by atoms with Crippen molar-refractivity contribution >= 4 is 22.8 Å². The summed E-state index contributed by atoms with van der Waals surface area (Å²) in [5.74, 6) is 2.18. The Bertz CT molecular complexity index is 570. The van der Waals surface area contributed by atoms with E-state index in [0.717, 1.165) is 35.0 Å². The Morgan fingerprint density at radius 3 is 2.84 bits per heavy atom. The van der Waals surface area contributed by atoms with Crippen LogP contribution in [0.3, 0.4) is 0 Å². The van der Waals surface area contributed by atoms with Gasteiger partial charge >= 0.3 is 0 Å². The van der Waals surface area contributed by atoms with Gasteiger partial charge in [0.2, 0.25) is 0 Å². The highest BCUT2D eigenvalue weighted by Gasteiger charge is 2.18. The smallest absolute Gasteiger partial charge is 0.160 e. The van der Waals surface area contributed by atoms with Crippen molar-refractivity contribution in [2.24, 2.45) is 5.92 Å². The lowest BCUT2D eigenvalue weighted by Gasteiger charge is -2.22. The molecule has 1 fully saturated rings. The molecule has 0 atom stereocenters. The van der Waals surface area contributed by atoms with Gasteiger partial charge in [0.25, 0.3) is 0 Å². The van der Waals surface area contributed by atoms with Gasteiger partial charge in [-0.25, -0.2) is 9.97 Å². The minimum absolute atomic E-state index is 0.460. The molecule has 0 aromatic carbocycles. The molecular weight excluding hydrogens is 258 g/mol. The van der Waals surface area contributed by atoms with Gasteiger partial charge in [0.1, 0.15) is 11.3 Å². The number of pyridine rings is 1. The van der Waals surface area contributed by atoms with Crippen LogP contribution in [0.4, 0.5) is 0 Å². The summed E-state index contributed by atoms with van der Waals surface area (Å²) in [7, 11) is 0.